The second-order valence-electron chi connectivity index (χ2n) is 4.82. The molecule has 2 aliphatic rings. The molecule has 3 nitrogen and oxygen atoms in total. The molecule has 2 unspecified atom stereocenters. The summed E-state index contributed by atoms with van der Waals surface area (Å²) in [6, 6.07) is 5.53. The van der Waals surface area contributed by atoms with Gasteiger partial charge in [-0.2, -0.15) is 0 Å². The molecule has 1 aromatic rings. The molecule has 3 heteroatoms. The Morgan fingerprint density at radius 1 is 1.29 bits per heavy atom. The molecule has 0 fully saturated rings. The van der Waals surface area contributed by atoms with Crippen LogP contribution in [0.5, 0.6) is 11.5 Å². The fourth-order valence-corrected chi connectivity index (χ4v) is 2.75. The Balaban J connectivity index is 1.78. The molecule has 2 heterocycles. The fourth-order valence-electron chi connectivity index (χ4n) is 2.75. The number of nitrogens with zero attached hydrogens (tertiary/aromatic N) is 1. The lowest BCUT2D eigenvalue weighted by Crippen LogP contribution is -2.32. The molecular formula is C14H17NO2. The van der Waals surface area contributed by atoms with Gasteiger partial charge in [0.15, 0.2) is 0 Å². The standard InChI is InChI=1S/C14H17NO2/c16-12-2-1-3-14-11(12)4-5-13(17-14)10-6-8-15-9-7-10/h1-3,8,10,13,16H,4-7,9H2. The van der Waals surface area contributed by atoms with Crippen molar-refractivity contribution in [3.63, 3.8) is 0 Å². The summed E-state index contributed by atoms with van der Waals surface area (Å²) in [4.78, 5) is 4.26. The zero-order valence-corrected chi connectivity index (χ0v) is 9.80. The Bertz CT molecular complexity index is 442. The minimum Gasteiger partial charge on any atom is -0.508 e. The first kappa shape index (κ1) is 10.6. The van der Waals surface area contributed by atoms with Gasteiger partial charge >= 0.3 is 0 Å². The number of phenolic OH excluding ortho intramolecular Hbond substituents is 1. The van der Waals surface area contributed by atoms with E-state index in [1.165, 1.54) is 0 Å². The lowest BCUT2D eigenvalue weighted by molar-refractivity contribution is 0.107. The maximum absolute atomic E-state index is 9.75. The van der Waals surface area contributed by atoms with E-state index < -0.39 is 0 Å². The summed E-state index contributed by atoms with van der Waals surface area (Å²) in [5, 5.41) is 9.75. The number of hydrogen-bond donors (Lipinski definition) is 1. The number of benzene rings is 1. The molecule has 0 aliphatic carbocycles. The molecule has 0 saturated carbocycles. The average Bonchev–Trinajstić information content (AvgIpc) is 2.40. The number of aliphatic imine (C=N–C) groups is 1. The van der Waals surface area contributed by atoms with Gasteiger partial charge in [-0.3, -0.25) is 4.99 Å². The van der Waals surface area contributed by atoms with Gasteiger partial charge in [0.25, 0.3) is 0 Å². The second-order valence-corrected chi connectivity index (χ2v) is 4.82. The molecule has 0 radical (unpaired) electrons. The van der Waals surface area contributed by atoms with E-state index in [4.69, 9.17) is 4.74 Å². The highest BCUT2D eigenvalue weighted by atomic mass is 16.5. The smallest absolute Gasteiger partial charge is 0.126 e. The Kier molecular flexibility index (Phi) is 2.75. The van der Waals surface area contributed by atoms with Crippen molar-refractivity contribution in [1.82, 2.24) is 0 Å². The highest BCUT2D eigenvalue weighted by molar-refractivity contribution is 5.58. The highest BCUT2D eigenvalue weighted by Crippen LogP contribution is 2.36. The maximum atomic E-state index is 9.75. The molecule has 0 saturated heterocycles. The van der Waals surface area contributed by atoms with E-state index in [2.05, 4.69) is 4.99 Å². The fraction of sp³-hybridized carbons (Fsp3) is 0.500. The monoisotopic (exact) mass is 231 g/mol. The summed E-state index contributed by atoms with van der Waals surface area (Å²) in [5.41, 5.74) is 0.966. The van der Waals surface area contributed by atoms with Crippen LogP contribution >= 0.6 is 0 Å². The zero-order chi connectivity index (χ0) is 11.7. The van der Waals surface area contributed by atoms with Gasteiger partial charge in [-0.1, -0.05) is 6.07 Å². The average molecular weight is 231 g/mol. The van der Waals surface area contributed by atoms with Crippen molar-refractivity contribution in [1.29, 1.82) is 0 Å². The third-order valence-electron chi connectivity index (χ3n) is 3.76. The number of rotatable bonds is 1. The van der Waals surface area contributed by atoms with E-state index in [1.807, 2.05) is 18.3 Å². The molecule has 0 bridgehead atoms. The van der Waals surface area contributed by atoms with Gasteiger partial charge in [0.2, 0.25) is 0 Å². The summed E-state index contributed by atoms with van der Waals surface area (Å²) in [6.07, 6.45) is 6.38. The van der Waals surface area contributed by atoms with Crippen LogP contribution in [0.4, 0.5) is 0 Å². The van der Waals surface area contributed by atoms with Crippen molar-refractivity contribution >= 4 is 6.21 Å². The van der Waals surface area contributed by atoms with Gasteiger partial charge in [0.1, 0.15) is 17.6 Å². The molecule has 0 spiro atoms. The van der Waals surface area contributed by atoms with Crippen LogP contribution in [0.2, 0.25) is 0 Å². The van der Waals surface area contributed by atoms with Crippen molar-refractivity contribution in [2.75, 3.05) is 6.54 Å². The van der Waals surface area contributed by atoms with Crippen molar-refractivity contribution in [3.8, 4) is 11.5 Å². The van der Waals surface area contributed by atoms with Crippen LogP contribution in [0.1, 0.15) is 24.8 Å². The molecule has 1 N–H and O–H groups in total. The Morgan fingerprint density at radius 3 is 3.06 bits per heavy atom. The molecule has 1 aromatic carbocycles. The van der Waals surface area contributed by atoms with Gasteiger partial charge in [-0.15, -0.1) is 0 Å². The molecule has 3 rings (SSSR count). The van der Waals surface area contributed by atoms with E-state index in [1.54, 1.807) is 6.07 Å². The van der Waals surface area contributed by atoms with E-state index in [0.29, 0.717) is 11.7 Å². The van der Waals surface area contributed by atoms with Crippen molar-refractivity contribution in [3.05, 3.63) is 23.8 Å². The van der Waals surface area contributed by atoms with Crippen LogP contribution in [0.15, 0.2) is 23.2 Å². The highest BCUT2D eigenvalue weighted by Gasteiger charge is 2.28. The molecule has 90 valence electrons. The van der Waals surface area contributed by atoms with Gasteiger partial charge in [0.05, 0.1) is 0 Å². The van der Waals surface area contributed by atoms with Crippen molar-refractivity contribution in [2.45, 2.75) is 31.8 Å². The van der Waals surface area contributed by atoms with E-state index in [0.717, 1.165) is 43.5 Å². The van der Waals surface area contributed by atoms with Gasteiger partial charge in [0, 0.05) is 18.0 Å². The third-order valence-corrected chi connectivity index (χ3v) is 3.76. The summed E-state index contributed by atoms with van der Waals surface area (Å²) < 4.78 is 6.03. The van der Waals surface area contributed by atoms with E-state index >= 15 is 0 Å². The van der Waals surface area contributed by atoms with Crippen LogP contribution in [0, 0.1) is 5.92 Å². The number of ether oxygens (including phenoxy) is 1. The topological polar surface area (TPSA) is 41.8 Å². The predicted molar refractivity (Wildman–Crippen MR) is 66.9 cm³/mol. The van der Waals surface area contributed by atoms with E-state index in [-0.39, 0.29) is 6.10 Å². The third kappa shape index (κ3) is 2.02. The normalized spacial score (nSPS) is 27.3. The summed E-state index contributed by atoms with van der Waals surface area (Å²) in [7, 11) is 0. The first-order valence-corrected chi connectivity index (χ1v) is 6.30. The Morgan fingerprint density at radius 2 is 2.24 bits per heavy atom. The van der Waals surface area contributed by atoms with Crippen molar-refractivity contribution < 1.29 is 9.84 Å². The summed E-state index contributed by atoms with van der Waals surface area (Å²) in [6.45, 7) is 0.928. The van der Waals surface area contributed by atoms with Crippen LogP contribution in [-0.4, -0.2) is 24.0 Å². The molecule has 0 amide bonds. The number of fused-ring (bicyclic) bond motifs is 1. The van der Waals surface area contributed by atoms with Crippen LogP contribution in [0.25, 0.3) is 0 Å². The SMILES string of the molecule is Oc1cccc2c1CCC(C1CC=NCC1)O2. The van der Waals surface area contributed by atoms with Crippen molar-refractivity contribution in [2.24, 2.45) is 10.9 Å². The summed E-state index contributed by atoms with van der Waals surface area (Å²) >= 11 is 0. The molecule has 17 heavy (non-hydrogen) atoms. The summed E-state index contributed by atoms with van der Waals surface area (Å²) in [5.74, 6) is 1.82. The van der Waals surface area contributed by atoms with Gasteiger partial charge in [-0.05, 0) is 44.0 Å². The first-order valence-electron chi connectivity index (χ1n) is 6.30. The predicted octanol–water partition coefficient (Wildman–Crippen LogP) is 2.57. The van der Waals surface area contributed by atoms with Crippen LogP contribution in [-0.2, 0) is 6.42 Å². The zero-order valence-electron chi connectivity index (χ0n) is 9.80. The lowest BCUT2D eigenvalue weighted by Gasteiger charge is -2.32. The quantitative estimate of drug-likeness (QED) is 0.807. The van der Waals surface area contributed by atoms with Crippen LogP contribution in [0.3, 0.4) is 0 Å². The first-order chi connectivity index (χ1) is 8.34. The number of phenols is 1. The number of aromatic hydroxyl groups is 1. The molecular weight excluding hydrogens is 214 g/mol. The maximum Gasteiger partial charge on any atom is 0.126 e. The minimum atomic E-state index is 0.288. The van der Waals surface area contributed by atoms with Crippen LogP contribution < -0.4 is 4.74 Å². The molecule has 2 aliphatic heterocycles. The minimum absolute atomic E-state index is 0.288. The van der Waals surface area contributed by atoms with E-state index in [9.17, 15) is 5.11 Å². The molecule has 2 atom stereocenters. The number of hydrogen-bond acceptors (Lipinski definition) is 3. The molecule has 0 aromatic heterocycles. The van der Waals surface area contributed by atoms with Gasteiger partial charge in [-0.25, -0.2) is 0 Å². The van der Waals surface area contributed by atoms with Gasteiger partial charge < -0.3 is 9.84 Å². The lowest BCUT2D eigenvalue weighted by atomic mass is 9.88. The second kappa shape index (κ2) is 4.40. The largest absolute Gasteiger partial charge is 0.508 e. The Labute approximate surface area is 101 Å². The Hall–Kier alpha value is -1.51.